The van der Waals surface area contributed by atoms with E-state index in [-0.39, 0.29) is 18.3 Å². The molecule has 3 heteroatoms. The number of benzene rings is 1. The van der Waals surface area contributed by atoms with Crippen molar-refractivity contribution in [3.8, 4) is 0 Å². The van der Waals surface area contributed by atoms with Crippen molar-refractivity contribution in [3.63, 3.8) is 0 Å². The summed E-state index contributed by atoms with van der Waals surface area (Å²) in [5.41, 5.74) is 1.80. The van der Waals surface area contributed by atoms with Crippen LogP contribution in [0, 0.1) is 6.92 Å². The number of rotatable bonds is 1. The van der Waals surface area contributed by atoms with Crippen molar-refractivity contribution in [2.45, 2.75) is 45.8 Å². The first-order chi connectivity index (χ1) is 7.32. The fourth-order valence-corrected chi connectivity index (χ4v) is 1.80. The van der Waals surface area contributed by atoms with E-state index in [1.807, 2.05) is 6.07 Å². The first kappa shape index (κ1) is 11.7. The van der Waals surface area contributed by atoms with Crippen LogP contribution in [0.5, 0.6) is 0 Å². The van der Waals surface area contributed by atoms with Gasteiger partial charge in [0.15, 0.2) is 0 Å². The number of aryl methyl sites for hydroxylation is 1. The van der Waals surface area contributed by atoms with Gasteiger partial charge in [-0.1, -0.05) is 29.8 Å². The van der Waals surface area contributed by atoms with Gasteiger partial charge in [-0.2, -0.15) is 0 Å². The Morgan fingerprint density at radius 2 is 1.56 bits per heavy atom. The molecule has 1 aromatic carbocycles. The molecule has 1 heterocycles. The molecule has 0 unspecified atom stereocenters. The molecule has 0 radical (unpaired) electrons. The molecule has 0 saturated carbocycles. The van der Waals surface area contributed by atoms with Gasteiger partial charge in [-0.15, -0.1) is 0 Å². The predicted molar refractivity (Wildman–Crippen MR) is 66.9 cm³/mol. The van der Waals surface area contributed by atoms with Gasteiger partial charge >= 0.3 is 7.12 Å². The highest BCUT2D eigenvalue weighted by atomic mass is 16.7. The summed E-state index contributed by atoms with van der Waals surface area (Å²) in [6.07, 6.45) is 0. The van der Waals surface area contributed by atoms with Crippen LogP contribution >= 0.6 is 0 Å². The summed E-state index contributed by atoms with van der Waals surface area (Å²) in [6, 6.07) is 8.28. The Labute approximate surface area is 98.1 Å². The largest absolute Gasteiger partial charge is 0.494 e. The molecule has 2 nitrogen and oxygen atoms in total. The summed E-state index contributed by atoms with van der Waals surface area (Å²) in [5, 5.41) is 0. The van der Waals surface area contributed by atoms with E-state index in [0.717, 1.165) is 5.46 Å². The van der Waals surface area contributed by atoms with Gasteiger partial charge in [0.2, 0.25) is 0 Å². The van der Waals surface area contributed by atoms with Crippen LogP contribution in [0.15, 0.2) is 24.3 Å². The van der Waals surface area contributed by atoms with Gasteiger partial charge in [0.05, 0.1) is 11.2 Å². The molecule has 1 saturated heterocycles. The maximum Gasteiger partial charge on any atom is 0.494 e. The summed E-state index contributed by atoms with van der Waals surface area (Å²) in [5.74, 6) is 0. The molecule has 0 amide bonds. The highest BCUT2D eigenvalue weighted by Gasteiger charge is 2.51. The molecule has 0 aromatic heterocycles. The summed E-state index contributed by atoms with van der Waals surface area (Å²) < 4.78 is 12.0. The normalized spacial score (nSPS) is 22.4. The topological polar surface area (TPSA) is 18.5 Å². The molecular formula is C13H19BO2. The number of hydrogen-bond acceptors (Lipinski definition) is 2. The van der Waals surface area contributed by atoms with Gasteiger partial charge in [-0.3, -0.25) is 0 Å². The highest BCUT2D eigenvalue weighted by molar-refractivity contribution is 6.62. The Bertz CT molecular complexity index is 383. The Kier molecular flexibility index (Phi) is 2.63. The van der Waals surface area contributed by atoms with E-state index in [1.54, 1.807) is 0 Å². The van der Waals surface area contributed by atoms with Gasteiger partial charge < -0.3 is 9.31 Å². The summed E-state index contributed by atoms with van der Waals surface area (Å²) >= 11 is 0. The van der Waals surface area contributed by atoms with Crippen LogP contribution in [0.4, 0.5) is 0 Å². The Hall–Kier alpha value is -0.795. The van der Waals surface area contributed by atoms with Crippen molar-refractivity contribution >= 4 is 12.6 Å². The van der Waals surface area contributed by atoms with Gasteiger partial charge in [0.1, 0.15) is 0 Å². The minimum Gasteiger partial charge on any atom is -0.399 e. The van der Waals surface area contributed by atoms with Crippen molar-refractivity contribution < 1.29 is 9.31 Å². The van der Waals surface area contributed by atoms with Crippen LogP contribution in [-0.4, -0.2) is 18.3 Å². The second-order valence-corrected chi connectivity index (χ2v) is 5.50. The lowest BCUT2D eigenvalue weighted by molar-refractivity contribution is 0.00578. The third-order valence-electron chi connectivity index (χ3n) is 3.57. The van der Waals surface area contributed by atoms with E-state index < -0.39 is 0 Å². The third-order valence-corrected chi connectivity index (χ3v) is 3.57. The fourth-order valence-electron chi connectivity index (χ4n) is 1.80. The average Bonchev–Trinajstić information content (AvgIpc) is 2.36. The maximum absolute atomic E-state index is 5.98. The van der Waals surface area contributed by atoms with Gasteiger partial charge in [-0.05, 0) is 40.1 Å². The van der Waals surface area contributed by atoms with Crippen LogP contribution in [0.25, 0.3) is 0 Å². The lowest BCUT2D eigenvalue weighted by Crippen LogP contribution is -2.41. The van der Waals surface area contributed by atoms with E-state index >= 15 is 0 Å². The molecule has 0 bridgehead atoms. The van der Waals surface area contributed by atoms with Crippen LogP contribution in [0.1, 0.15) is 33.3 Å². The zero-order valence-corrected chi connectivity index (χ0v) is 10.7. The fraction of sp³-hybridized carbons (Fsp3) is 0.538. The van der Waals surface area contributed by atoms with Crippen molar-refractivity contribution in [1.29, 1.82) is 0 Å². The molecule has 0 aliphatic carbocycles. The van der Waals surface area contributed by atoms with Crippen LogP contribution in [-0.2, 0) is 9.31 Å². The average molecular weight is 218 g/mol. The predicted octanol–water partition coefficient (Wildman–Crippen LogP) is 2.29. The third kappa shape index (κ3) is 1.90. The van der Waals surface area contributed by atoms with E-state index in [4.69, 9.17) is 9.31 Å². The zero-order chi connectivity index (χ0) is 12.0. The van der Waals surface area contributed by atoms with Gasteiger partial charge in [-0.25, -0.2) is 0 Å². The minimum atomic E-state index is -0.262. The van der Waals surface area contributed by atoms with Crippen molar-refractivity contribution in [2.24, 2.45) is 0 Å². The molecule has 2 rings (SSSR count). The molecular weight excluding hydrogens is 199 g/mol. The Morgan fingerprint density at radius 1 is 1.00 bits per heavy atom. The second-order valence-electron chi connectivity index (χ2n) is 5.50. The summed E-state index contributed by atoms with van der Waals surface area (Å²) in [7, 11) is -0.245. The van der Waals surface area contributed by atoms with Crippen molar-refractivity contribution in [1.82, 2.24) is 0 Å². The first-order valence-electron chi connectivity index (χ1n) is 5.74. The smallest absolute Gasteiger partial charge is 0.399 e. The zero-order valence-electron chi connectivity index (χ0n) is 10.7. The molecule has 0 N–H and O–H groups in total. The van der Waals surface area contributed by atoms with E-state index in [1.165, 1.54) is 5.56 Å². The quantitative estimate of drug-likeness (QED) is 0.673. The van der Waals surface area contributed by atoms with Crippen LogP contribution in [0.3, 0.4) is 0 Å². The molecule has 0 spiro atoms. The maximum atomic E-state index is 5.98. The monoisotopic (exact) mass is 218 g/mol. The first-order valence-corrected chi connectivity index (χ1v) is 5.74. The standard InChI is InChI=1S/C13H19BO2/c1-10-7-6-8-11(9-10)14-15-12(2,3)13(4,5)16-14/h6-9H,1-5H3. The molecule has 0 atom stereocenters. The lowest BCUT2D eigenvalue weighted by atomic mass is 9.78. The van der Waals surface area contributed by atoms with E-state index in [0.29, 0.717) is 0 Å². The van der Waals surface area contributed by atoms with Crippen LogP contribution < -0.4 is 5.46 Å². The molecule has 1 aliphatic rings. The van der Waals surface area contributed by atoms with Gasteiger partial charge in [0.25, 0.3) is 0 Å². The second kappa shape index (κ2) is 3.61. The van der Waals surface area contributed by atoms with Crippen molar-refractivity contribution in [3.05, 3.63) is 29.8 Å². The Balaban J connectivity index is 2.27. The van der Waals surface area contributed by atoms with Crippen LogP contribution in [0.2, 0.25) is 0 Å². The molecule has 16 heavy (non-hydrogen) atoms. The highest BCUT2D eigenvalue weighted by Crippen LogP contribution is 2.36. The molecule has 1 aliphatic heterocycles. The number of hydrogen-bond donors (Lipinski definition) is 0. The summed E-state index contributed by atoms with van der Waals surface area (Å²) in [4.78, 5) is 0. The van der Waals surface area contributed by atoms with Gasteiger partial charge in [0, 0.05) is 0 Å². The lowest BCUT2D eigenvalue weighted by Gasteiger charge is -2.32. The van der Waals surface area contributed by atoms with E-state index in [2.05, 4.69) is 52.8 Å². The minimum absolute atomic E-state index is 0.245. The molecule has 86 valence electrons. The van der Waals surface area contributed by atoms with Crippen molar-refractivity contribution in [2.75, 3.05) is 0 Å². The van der Waals surface area contributed by atoms with E-state index in [9.17, 15) is 0 Å². The SMILES string of the molecule is Cc1cccc(B2OC(C)(C)C(C)(C)O2)c1. The molecule has 1 aromatic rings. The summed E-state index contributed by atoms with van der Waals surface area (Å²) in [6.45, 7) is 10.4. The Morgan fingerprint density at radius 3 is 2.06 bits per heavy atom. The molecule has 1 fully saturated rings.